The van der Waals surface area contributed by atoms with Crippen LogP contribution < -0.4 is 10.1 Å². The van der Waals surface area contributed by atoms with E-state index in [0.717, 1.165) is 49.2 Å². The number of aromatic nitrogens is 3. The molecule has 0 spiro atoms. The van der Waals surface area contributed by atoms with Crippen LogP contribution in [0.5, 0.6) is 5.75 Å². The zero-order chi connectivity index (χ0) is 19.9. The molecule has 30 heavy (non-hydrogen) atoms. The molecule has 0 unspecified atom stereocenters. The third-order valence-electron chi connectivity index (χ3n) is 5.06. The summed E-state index contributed by atoms with van der Waals surface area (Å²) in [5, 5.41) is 11.8. The molecule has 1 saturated heterocycles. The molecule has 8 heteroatoms. The number of hydrogen-bond acceptors (Lipinski definition) is 4. The van der Waals surface area contributed by atoms with Gasteiger partial charge in [-0.2, -0.15) is 0 Å². The molecule has 0 aliphatic carbocycles. The summed E-state index contributed by atoms with van der Waals surface area (Å²) in [6, 6.07) is 20.1. The fourth-order valence-electron chi connectivity index (χ4n) is 3.55. The molecule has 1 aromatic heterocycles. The normalized spacial score (nSPS) is 14.8. The molecular formula is C22H27IN6O. The Labute approximate surface area is 194 Å². The van der Waals surface area contributed by atoms with Crippen LogP contribution >= 0.6 is 24.0 Å². The van der Waals surface area contributed by atoms with E-state index < -0.39 is 0 Å². The van der Waals surface area contributed by atoms with Crippen molar-refractivity contribution >= 4 is 29.9 Å². The molecule has 158 valence electrons. The first-order valence-corrected chi connectivity index (χ1v) is 9.95. The Bertz CT molecular complexity index is 923. The van der Waals surface area contributed by atoms with Crippen LogP contribution in [0.2, 0.25) is 0 Å². The fourth-order valence-corrected chi connectivity index (χ4v) is 3.55. The molecule has 0 bridgehead atoms. The number of rotatable bonds is 5. The quantitative estimate of drug-likeness (QED) is 0.318. The zero-order valence-electron chi connectivity index (χ0n) is 17.0. The van der Waals surface area contributed by atoms with Gasteiger partial charge in [-0.3, -0.25) is 9.56 Å². The lowest BCUT2D eigenvalue weighted by molar-refractivity contribution is 0.129. The van der Waals surface area contributed by atoms with Crippen molar-refractivity contribution in [2.75, 3.05) is 20.1 Å². The van der Waals surface area contributed by atoms with Gasteiger partial charge in [0.1, 0.15) is 18.2 Å². The van der Waals surface area contributed by atoms with E-state index in [1.165, 1.54) is 0 Å². The number of ether oxygens (including phenoxy) is 1. The average Bonchev–Trinajstić information content (AvgIpc) is 3.25. The molecule has 3 aromatic rings. The van der Waals surface area contributed by atoms with Crippen molar-refractivity contribution < 1.29 is 4.74 Å². The van der Waals surface area contributed by atoms with Gasteiger partial charge >= 0.3 is 0 Å². The van der Waals surface area contributed by atoms with Crippen LogP contribution in [0.15, 0.2) is 72.0 Å². The molecular weight excluding hydrogens is 491 g/mol. The average molecular weight is 518 g/mol. The fraction of sp³-hybridized carbons (Fsp3) is 0.318. The van der Waals surface area contributed by atoms with E-state index in [4.69, 9.17) is 4.74 Å². The Kier molecular flexibility index (Phi) is 8.06. The van der Waals surface area contributed by atoms with Crippen molar-refractivity contribution in [3.8, 4) is 11.4 Å². The number of nitrogens with one attached hydrogen (secondary N) is 1. The lowest BCUT2D eigenvalue weighted by Gasteiger charge is -2.34. The summed E-state index contributed by atoms with van der Waals surface area (Å²) in [5.41, 5.74) is 1.04. The third-order valence-corrected chi connectivity index (χ3v) is 5.06. The van der Waals surface area contributed by atoms with Gasteiger partial charge in [0.15, 0.2) is 11.8 Å². The molecule has 7 nitrogen and oxygen atoms in total. The van der Waals surface area contributed by atoms with Crippen molar-refractivity contribution in [1.82, 2.24) is 25.0 Å². The standard InChI is InChI=1S/C22H26N6O.HI/c1-23-22(24-16-21-26-25-17-28(21)18-8-4-2-5-9-18)27-14-12-20(13-15-27)29-19-10-6-3-7-11-19;/h2-11,17,20H,12-16H2,1H3,(H,23,24);1H. The topological polar surface area (TPSA) is 67.6 Å². The summed E-state index contributed by atoms with van der Waals surface area (Å²) in [6.07, 6.45) is 3.92. The van der Waals surface area contributed by atoms with E-state index in [1.807, 2.05) is 72.3 Å². The minimum Gasteiger partial charge on any atom is -0.490 e. The predicted molar refractivity (Wildman–Crippen MR) is 129 cm³/mol. The lowest BCUT2D eigenvalue weighted by atomic mass is 10.1. The van der Waals surface area contributed by atoms with Crippen LogP contribution in [0, 0.1) is 0 Å². The Balaban J connectivity index is 0.00000256. The van der Waals surface area contributed by atoms with Crippen molar-refractivity contribution in [2.45, 2.75) is 25.5 Å². The molecule has 1 fully saturated rings. The van der Waals surface area contributed by atoms with E-state index in [1.54, 1.807) is 6.33 Å². The van der Waals surface area contributed by atoms with Crippen molar-refractivity contribution in [1.29, 1.82) is 0 Å². The summed E-state index contributed by atoms with van der Waals surface area (Å²) >= 11 is 0. The van der Waals surface area contributed by atoms with Gasteiger partial charge < -0.3 is 15.0 Å². The molecule has 2 aromatic carbocycles. The maximum absolute atomic E-state index is 6.09. The molecule has 0 saturated carbocycles. The number of benzene rings is 2. The van der Waals surface area contributed by atoms with Gasteiger partial charge in [-0.1, -0.05) is 36.4 Å². The van der Waals surface area contributed by atoms with Gasteiger partial charge in [-0.15, -0.1) is 34.2 Å². The lowest BCUT2D eigenvalue weighted by Crippen LogP contribution is -2.47. The first-order chi connectivity index (χ1) is 14.3. The van der Waals surface area contributed by atoms with Crippen LogP contribution in [0.4, 0.5) is 0 Å². The summed E-state index contributed by atoms with van der Waals surface area (Å²) in [4.78, 5) is 6.73. The molecule has 1 N–H and O–H groups in total. The van der Waals surface area contributed by atoms with Crippen molar-refractivity contribution in [3.05, 3.63) is 72.8 Å². The van der Waals surface area contributed by atoms with Gasteiger partial charge in [-0.05, 0) is 24.3 Å². The highest BCUT2D eigenvalue weighted by atomic mass is 127. The second-order valence-electron chi connectivity index (χ2n) is 6.97. The van der Waals surface area contributed by atoms with Crippen LogP contribution in [0.1, 0.15) is 18.7 Å². The van der Waals surface area contributed by atoms with Crippen LogP contribution in [0.3, 0.4) is 0 Å². The number of guanidine groups is 1. The minimum absolute atomic E-state index is 0. The summed E-state index contributed by atoms with van der Waals surface area (Å²) in [5.74, 6) is 2.67. The van der Waals surface area contributed by atoms with Gasteiger partial charge in [0, 0.05) is 38.7 Å². The van der Waals surface area contributed by atoms with Crippen LogP contribution in [0.25, 0.3) is 5.69 Å². The Morgan fingerprint density at radius 2 is 1.73 bits per heavy atom. The zero-order valence-corrected chi connectivity index (χ0v) is 19.3. The van der Waals surface area contributed by atoms with Gasteiger partial charge in [-0.25, -0.2) is 0 Å². The third kappa shape index (κ3) is 5.50. The highest BCUT2D eigenvalue weighted by Gasteiger charge is 2.23. The first kappa shape index (κ1) is 22.1. The summed E-state index contributed by atoms with van der Waals surface area (Å²) in [6.45, 7) is 2.37. The Morgan fingerprint density at radius 3 is 2.40 bits per heavy atom. The molecule has 1 aliphatic heterocycles. The number of aliphatic imine (C=N–C) groups is 1. The highest BCUT2D eigenvalue weighted by Crippen LogP contribution is 2.18. The van der Waals surface area contributed by atoms with Gasteiger partial charge in [0.05, 0.1) is 6.54 Å². The number of nitrogens with zero attached hydrogens (tertiary/aromatic N) is 5. The predicted octanol–water partition coefficient (Wildman–Crippen LogP) is 3.50. The van der Waals surface area contributed by atoms with Gasteiger partial charge in [0.2, 0.25) is 0 Å². The Morgan fingerprint density at radius 1 is 1.07 bits per heavy atom. The smallest absolute Gasteiger partial charge is 0.194 e. The van der Waals surface area contributed by atoms with Gasteiger partial charge in [0.25, 0.3) is 0 Å². The maximum atomic E-state index is 6.09. The van der Waals surface area contributed by atoms with E-state index in [2.05, 4.69) is 25.4 Å². The second-order valence-corrected chi connectivity index (χ2v) is 6.97. The highest BCUT2D eigenvalue weighted by molar-refractivity contribution is 14.0. The molecule has 0 atom stereocenters. The van der Waals surface area contributed by atoms with E-state index in [0.29, 0.717) is 6.54 Å². The summed E-state index contributed by atoms with van der Waals surface area (Å²) in [7, 11) is 1.82. The van der Waals surface area contributed by atoms with E-state index in [9.17, 15) is 0 Å². The summed E-state index contributed by atoms with van der Waals surface area (Å²) < 4.78 is 8.08. The molecule has 4 rings (SSSR count). The van der Waals surface area contributed by atoms with E-state index in [-0.39, 0.29) is 30.1 Å². The van der Waals surface area contributed by atoms with Crippen LogP contribution in [-0.4, -0.2) is 51.9 Å². The maximum Gasteiger partial charge on any atom is 0.194 e. The Hall–Kier alpha value is -2.62. The monoisotopic (exact) mass is 518 g/mol. The number of piperidine rings is 1. The largest absolute Gasteiger partial charge is 0.490 e. The van der Waals surface area contributed by atoms with E-state index >= 15 is 0 Å². The number of hydrogen-bond donors (Lipinski definition) is 1. The number of para-hydroxylation sites is 2. The molecule has 1 aliphatic rings. The second kappa shape index (κ2) is 11.0. The SMILES string of the molecule is CN=C(NCc1nncn1-c1ccccc1)N1CCC(Oc2ccccc2)CC1.I. The van der Waals surface area contributed by atoms with Crippen molar-refractivity contribution in [2.24, 2.45) is 4.99 Å². The van der Waals surface area contributed by atoms with Crippen LogP contribution in [-0.2, 0) is 6.54 Å². The first-order valence-electron chi connectivity index (χ1n) is 9.95. The molecule has 2 heterocycles. The number of likely N-dealkylation sites (tertiary alicyclic amines) is 1. The minimum atomic E-state index is 0. The molecule has 0 amide bonds. The molecule has 0 radical (unpaired) electrons. The number of halogens is 1. The van der Waals surface area contributed by atoms with Crippen molar-refractivity contribution in [3.63, 3.8) is 0 Å².